The number of aromatic amines is 1. The first-order valence-electron chi connectivity index (χ1n) is 4.87. The van der Waals surface area contributed by atoms with Gasteiger partial charge in [-0.05, 0) is 30.2 Å². The lowest BCUT2D eigenvalue weighted by atomic mass is 9.95. The van der Waals surface area contributed by atoms with Crippen molar-refractivity contribution in [3.8, 4) is 6.07 Å². The van der Waals surface area contributed by atoms with Crippen LogP contribution in [0.3, 0.4) is 0 Å². The zero-order valence-electron chi connectivity index (χ0n) is 8.74. The predicted molar refractivity (Wildman–Crippen MR) is 64.9 cm³/mol. The fourth-order valence-electron chi connectivity index (χ4n) is 1.64. The maximum Gasteiger partial charge on any atom is 0.129 e. The van der Waals surface area contributed by atoms with Crippen molar-refractivity contribution >= 4 is 15.9 Å². The lowest BCUT2D eigenvalue weighted by Gasteiger charge is -2.10. The number of imidazole rings is 1. The first-order chi connectivity index (χ1) is 7.72. The summed E-state index contributed by atoms with van der Waals surface area (Å²) in [5, 5.41) is 9.24. The van der Waals surface area contributed by atoms with Crippen molar-refractivity contribution in [1.82, 2.24) is 9.97 Å². The smallest absolute Gasteiger partial charge is 0.129 e. The zero-order valence-corrected chi connectivity index (χ0v) is 10.3. The minimum absolute atomic E-state index is 0.340. The summed E-state index contributed by atoms with van der Waals surface area (Å²) in [7, 11) is 0. The molecule has 0 amide bonds. The molecule has 2 rings (SSSR count). The molecule has 1 heterocycles. The fraction of sp³-hybridized carbons (Fsp3) is 0.167. The molecule has 0 saturated carbocycles. The van der Waals surface area contributed by atoms with Crippen LogP contribution in [0.2, 0.25) is 0 Å². The van der Waals surface area contributed by atoms with E-state index in [1.807, 2.05) is 25.1 Å². The second-order valence-electron chi connectivity index (χ2n) is 3.54. The standard InChI is InChI=1S/C12H10BrN3/c1-8-2-3-9(13)6-10(8)11(7-14)12-15-4-5-16-12/h2-6,11H,1H3,(H,15,16). The van der Waals surface area contributed by atoms with Crippen LogP contribution in [0, 0.1) is 18.3 Å². The van der Waals surface area contributed by atoms with E-state index in [4.69, 9.17) is 0 Å². The molecule has 0 radical (unpaired) electrons. The monoisotopic (exact) mass is 275 g/mol. The van der Waals surface area contributed by atoms with E-state index in [1.165, 1.54) is 0 Å². The zero-order chi connectivity index (χ0) is 11.5. The van der Waals surface area contributed by atoms with E-state index in [9.17, 15) is 5.26 Å². The van der Waals surface area contributed by atoms with E-state index in [0.717, 1.165) is 15.6 Å². The number of rotatable bonds is 2. The Kier molecular flexibility index (Phi) is 3.07. The Morgan fingerprint density at radius 3 is 2.94 bits per heavy atom. The van der Waals surface area contributed by atoms with E-state index >= 15 is 0 Å². The summed E-state index contributed by atoms with van der Waals surface area (Å²) in [6, 6.07) is 8.20. The molecule has 3 nitrogen and oxygen atoms in total. The molecular weight excluding hydrogens is 266 g/mol. The molecule has 80 valence electrons. The summed E-state index contributed by atoms with van der Waals surface area (Å²) in [6.07, 6.45) is 3.39. The average Bonchev–Trinajstić information content (AvgIpc) is 2.78. The number of nitrogens with zero attached hydrogens (tertiary/aromatic N) is 2. The predicted octanol–water partition coefficient (Wildman–Crippen LogP) is 3.14. The van der Waals surface area contributed by atoms with Crippen LogP contribution in [0.4, 0.5) is 0 Å². The highest BCUT2D eigenvalue weighted by atomic mass is 79.9. The highest BCUT2D eigenvalue weighted by molar-refractivity contribution is 9.10. The number of nitriles is 1. The number of hydrogen-bond acceptors (Lipinski definition) is 2. The van der Waals surface area contributed by atoms with Gasteiger partial charge in [-0.3, -0.25) is 0 Å². The fourth-order valence-corrected chi connectivity index (χ4v) is 2.01. The Bertz CT molecular complexity index is 526. The Balaban J connectivity index is 2.50. The van der Waals surface area contributed by atoms with E-state index in [1.54, 1.807) is 12.4 Å². The molecule has 0 fully saturated rings. The molecule has 0 aliphatic rings. The number of halogens is 1. The van der Waals surface area contributed by atoms with Gasteiger partial charge in [0.15, 0.2) is 0 Å². The third kappa shape index (κ3) is 2.00. The average molecular weight is 276 g/mol. The van der Waals surface area contributed by atoms with Crippen molar-refractivity contribution in [2.75, 3.05) is 0 Å². The molecule has 4 heteroatoms. The topological polar surface area (TPSA) is 52.5 Å². The first kappa shape index (κ1) is 10.9. The lowest BCUT2D eigenvalue weighted by molar-refractivity contribution is 0.916. The number of aromatic nitrogens is 2. The Hall–Kier alpha value is -1.60. The third-order valence-electron chi connectivity index (χ3n) is 2.47. The Labute approximate surface area is 102 Å². The van der Waals surface area contributed by atoms with Crippen LogP contribution >= 0.6 is 15.9 Å². The maximum atomic E-state index is 9.24. The van der Waals surface area contributed by atoms with Crippen LogP contribution < -0.4 is 0 Å². The number of aryl methyl sites for hydroxylation is 1. The largest absolute Gasteiger partial charge is 0.347 e. The van der Waals surface area contributed by atoms with Crippen LogP contribution in [0.15, 0.2) is 35.1 Å². The van der Waals surface area contributed by atoms with E-state index in [-0.39, 0.29) is 5.92 Å². The van der Waals surface area contributed by atoms with Gasteiger partial charge in [-0.15, -0.1) is 0 Å². The molecule has 0 saturated heterocycles. The highest BCUT2D eigenvalue weighted by Crippen LogP contribution is 2.26. The van der Waals surface area contributed by atoms with Crippen molar-refractivity contribution in [1.29, 1.82) is 5.26 Å². The molecule has 16 heavy (non-hydrogen) atoms. The number of benzene rings is 1. The highest BCUT2D eigenvalue weighted by Gasteiger charge is 2.17. The summed E-state index contributed by atoms with van der Waals surface area (Å²) in [6.45, 7) is 2.00. The molecule has 1 aromatic carbocycles. The number of hydrogen-bond donors (Lipinski definition) is 1. The first-order valence-corrected chi connectivity index (χ1v) is 5.66. The van der Waals surface area contributed by atoms with E-state index < -0.39 is 0 Å². The van der Waals surface area contributed by atoms with Gasteiger partial charge in [0.2, 0.25) is 0 Å². The molecule has 1 atom stereocenters. The molecule has 1 aromatic heterocycles. The summed E-state index contributed by atoms with van der Waals surface area (Å²) in [4.78, 5) is 7.13. The van der Waals surface area contributed by atoms with E-state index in [2.05, 4.69) is 32.0 Å². The van der Waals surface area contributed by atoms with Crippen LogP contribution in [0.1, 0.15) is 22.9 Å². The van der Waals surface area contributed by atoms with Gasteiger partial charge in [0.05, 0.1) is 6.07 Å². The van der Waals surface area contributed by atoms with Crippen molar-refractivity contribution < 1.29 is 0 Å². The third-order valence-corrected chi connectivity index (χ3v) is 2.97. The van der Waals surface area contributed by atoms with Crippen LogP contribution in [-0.4, -0.2) is 9.97 Å². The number of nitrogens with one attached hydrogen (secondary N) is 1. The molecule has 2 aromatic rings. The lowest BCUT2D eigenvalue weighted by Crippen LogP contribution is -2.02. The molecule has 0 aliphatic carbocycles. The van der Waals surface area contributed by atoms with E-state index in [0.29, 0.717) is 5.82 Å². The van der Waals surface area contributed by atoms with Gasteiger partial charge >= 0.3 is 0 Å². The molecule has 0 spiro atoms. The minimum Gasteiger partial charge on any atom is -0.347 e. The second kappa shape index (κ2) is 4.50. The Morgan fingerprint density at radius 2 is 2.31 bits per heavy atom. The summed E-state index contributed by atoms with van der Waals surface area (Å²) >= 11 is 3.42. The molecule has 0 aliphatic heterocycles. The second-order valence-corrected chi connectivity index (χ2v) is 4.45. The molecule has 1 unspecified atom stereocenters. The summed E-state index contributed by atoms with van der Waals surface area (Å²) in [5.41, 5.74) is 2.07. The van der Waals surface area contributed by atoms with Crippen LogP contribution in [-0.2, 0) is 0 Å². The van der Waals surface area contributed by atoms with Gasteiger partial charge in [-0.25, -0.2) is 4.98 Å². The van der Waals surface area contributed by atoms with Crippen LogP contribution in [0.5, 0.6) is 0 Å². The van der Waals surface area contributed by atoms with Crippen molar-refractivity contribution in [3.05, 3.63) is 52.0 Å². The molecule has 1 N–H and O–H groups in total. The maximum absolute atomic E-state index is 9.24. The van der Waals surface area contributed by atoms with Gasteiger partial charge in [0, 0.05) is 16.9 Å². The van der Waals surface area contributed by atoms with Gasteiger partial charge in [0.1, 0.15) is 11.7 Å². The van der Waals surface area contributed by atoms with Gasteiger partial charge in [-0.2, -0.15) is 5.26 Å². The van der Waals surface area contributed by atoms with Gasteiger partial charge in [-0.1, -0.05) is 22.0 Å². The Morgan fingerprint density at radius 1 is 1.50 bits per heavy atom. The quantitative estimate of drug-likeness (QED) is 0.916. The van der Waals surface area contributed by atoms with Crippen molar-refractivity contribution in [2.45, 2.75) is 12.8 Å². The van der Waals surface area contributed by atoms with Gasteiger partial charge in [0.25, 0.3) is 0 Å². The number of H-pyrrole nitrogens is 1. The SMILES string of the molecule is Cc1ccc(Br)cc1C(C#N)c1ncc[nH]1. The summed E-state index contributed by atoms with van der Waals surface area (Å²) in [5.74, 6) is 0.344. The molecular formula is C12H10BrN3. The minimum atomic E-state index is -0.340. The van der Waals surface area contributed by atoms with Crippen LogP contribution in [0.25, 0.3) is 0 Å². The van der Waals surface area contributed by atoms with Crippen molar-refractivity contribution in [3.63, 3.8) is 0 Å². The van der Waals surface area contributed by atoms with Gasteiger partial charge < -0.3 is 4.98 Å². The van der Waals surface area contributed by atoms with Crippen molar-refractivity contribution in [2.24, 2.45) is 0 Å². The summed E-state index contributed by atoms with van der Waals surface area (Å²) < 4.78 is 0.972. The molecule has 0 bridgehead atoms. The normalized spacial score (nSPS) is 12.1.